The number of nitrogens with one attached hydrogen (secondary N) is 1. The average Bonchev–Trinajstić information content (AvgIpc) is 1.57. The van der Waals surface area contributed by atoms with E-state index >= 15 is 0 Å². The van der Waals surface area contributed by atoms with Crippen LogP contribution in [-0.2, 0) is 9.59 Å². The van der Waals surface area contributed by atoms with Crippen molar-refractivity contribution in [3.05, 3.63) is 0 Å². The van der Waals surface area contributed by atoms with Gasteiger partial charge >= 0.3 is 0 Å². The number of carbonyl (C=O) groups is 1. The van der Waals surface area contributed by atoms with Crippen LogP contribution in [0.15, 0.2) is 0 Å². The van der Waals surface area contributed by atoms with Gasteiger partial charge in [-0.2, -0.15) is 0 Å². The predicted molar refractivity (Wildman–Crippen MR) is 40.0 cm³/mol. The minimum Gasteiger partial charge on any atom is -0.390 e. The number of carbonyl (C=O) groups excluding carboxylic acids is 2. The highest BCUT2D eigenvalue weighted by Gasteiger charge is 2.13. The Morgan fingerprint density at radius 1 is 1.64 bits per heavy atom. The zero-order chi connectivity index (χ0) is 9.49. The summed E-state index contributed by atoms with van der Waals surface area (Å²) in [6, 6.07) is 0. The van der Waals surface area contributed by atoms with Crippen LogP contribution in [-0.4, -0.2) is 22.6 Å². The second-order valence-electron chi connectivity index (χ2n) is 2.79. The average molecular weight is 159 g/mol. The van der Waals surface area contributed by atoms with Gasteiger partial charge in [-0.15, -0.1) is 0 Å². The molecule has 0 unspecified atom stereocenters. The van der Waals surface area contributed by atoms with Gasteiger partial charge < -0.3 is 5.11 Å². The Morgan fingerprint density at radius 3 is 1.91 bits per heavy atom. The van der Waals surface area contributed by atoms with Crippen molar-refractivity contribution in [3.8, 4) is 0 Å². The molecule has 4 heteroatoms. The van der Waals surface area contributed by atoms with E-state index in [1.54, 1.807) is 13.8 Å². The highest BCUT2D eigenvalue weighted by molar-refractivity contribution is 5.76. The number of aliphatic hydroxyl groups is 1. The second kappa shape index (κ2) is 5.77. The van der Waals surface area contributed by atoms with Crippen molar-refractivity contribution in [2.45, 2.75) is 32.8 Å². The summed E-state index contributed by atoms with van der Waals surface area (Å²) in [5.74, 6) is 0.0255. The first-order chi connectivity index (χ1) is 4.83. The van der Waals surface area contributed by atoms with Gasteiger partial charge in [0.2, 0.25) is 6.08 Å². The van der Waals surface area contributed by atoms with Crippen molar-refractivity contribution >= 4 is 11.9 Å². The lowest BCUT2D eigenvalue weighted by Gasteiger charge is -2.13. The van der Waals surface area contributed by atoms with Gasteiger partial charge in [0, 0.05) is 6.42 Å². The minimum atomic E-state index is -0.828. The Bertz CT molecular complexity index is 152. The third-order valence-corrected chi connectivity index (χ3v) is 0.682. The number of ketones is 1. The van der Waals surface area contributed by atoms with Crippen molar-refractivity contribution < 1.29 is 14.7 Å². The first-order valence-corrected chi connectivity index (χ1v) is 3.09. The van der Waals surface area contributed by atoms with Crippen molar-refractivity contribution in [2.75, 3.05) is 0 Å². The smallest absolute Gasteiger partial charge is 0.231 e. The molecule has 0 rings (SSSR count). The molecule has 0 amide bonds. The molecule has 0 heterocycles. The lowest BCUT2D eigenvalue weighted by atomic mass is 10.0. The molecule has 0 aliphatic carbocycles. The first kappa shape index (κ1) is 12.7. The van der Waals surface area contributed by atoms with Gasteiger partial charge in [0.15, 0.2) is 0 Å². The molecule has 11 heavy (non-hydrogen) atoms. The van der Waals surface area contributed by atoms with Crippen LogP contribution in [0, 0.1) is 5.41 Å². The van der Waals surface area contributed by atoms with Crippen LogP contribution in [0.4, 0.5) is 0 Å². The molecule has 0 fully saturated rings. The Kier molecular flexibility index (Phi) is 6.64. The van der Waals surface area contributed by atoms with Crippen LogP contribution >= 0.6 is 0 Å². The number of hydrogen-bond donors (Lipinski definition) is 2. The second-order valence-corrected chi connectivity index (χ2v) is 2.79. The van der Waals surface area contributed by atoms with Gasteiger partial charge in [-0.25, -0.2) is 10.2 Å². The molecular weight excluding hydrogens is 146 g/mol. The summed E-state index contributed by atoms with van der Waals surface area (Å²) < 4.78 is 0. The van der Waals surface area contributed by atoms with Crippen molar-refractivity contribution in [2.24, 2.45) is 0 Å². The fraction of sp³-hybridized carbons (Fsp3) is 0.714. The van der Waals surface area contributed by atoms with Crippen LogP contribution in [0.2, 0.25) is 0 Å². The van der Waals surface area contributed by atoms with Gasteiger partial charge in [0.25, 0.3) is 0 Å². The van der Waals surface area contributed by atoms with Gasteiger partial charge in [-0.1, -0.05) is 0 Å². The summed E-state index contributed by atoms with van der Waals surface area (Å²) >= 11 is 0. The van der Waals surface area contributed by atoms with Gasteiger partial charge in [-0.05, 0) is 20.8 Å². The summed E-state index contributed by atoms with van der Waals surface area (Å²) in [5, 5.41) is 14.4. The topological polar surface area (TPSA) is 78.2 Å². The quantitative estimate of drug-likeness (QED) is 0.458. The molecule has 0 aromatic rings. The van der Waals surface area contributed by atoms with E-state index in [2.05, 4.69) is 0 Å². The molecular formula is C7H13NO3. The molecule has 0 spiro atoms. The molecule has 0 aromatic carbocycles. The largest absolute Gasteiger partial charge is 0.390 e. The maximum atomic E-state index is 10.3. The lowest BCUT2D eigenvalue weighted by molar-refractivity contribution is -0.120. The van der Waals surface area contributed by atoms with E-state index in [0.29, 0.717) is 0 Å². The molecule has 0 atom stereocenters. The molecule has 0 aliphatic heterocycles. The van der Waals surface area contributed by atoms with Gasteiger partial charge in [-0.3, -0.25) is 4.79 Å². The number of Topliss-reactive ketones (excluding diaryl/α,β-unsaturated/α-hetero) is 1. The van der Waals surface area contributed by atoms with E-state index < -0.39 is 5.60 Å². The zero-order valence-corrected chi connectivity index (χ0v) is 6.97. The van der Waals surface area contributed by atoms with E-state index in [4.69, 9.17) is 15.3 Å². The van der Waals surface area contributed by atoms with Crippen molar-refractivity contribution in [1.82, 2.24) is 0 Å². The predicted octanol–water partition coefficient (Wildman–Crippen LogP) is 0.637. The van der Waals surface area contributed by atoms with Crippen molar-refractivity contribution in [1.29, 1.82) is 5.41 Å². The molecule has 0 bridgehead atoms. The minimum absolute atomic E-state index is 0.0255. The Labute approximate surface area is 65.7 Å². The van der Waals surface area contributed by atoms with E-state index in [0.717, 1.165) is 6.08 Å². The molecule has 0 saturated carbocycles. The summed E-state index contributed by atoms with van der Waals surface area (Å²) in [5.41, 5.74) is -0.828. The molecule has 64 valence electrons. The monoisotopic (exact) mass is 159 g/mol. The lowest BCUT2D eigenvalue weighted by Crippen LogP contribution is -2.21. The molecule has 0 radical (unpaired) electrons. The fourth-order valence-electron chi connectivity index (χ4n) is 0.609. The SMILES string of the molecule is CC(=O)CC(C)(C)O.N=C=O. The number of rotatable bonds is 2. The highest BCUT2D eigenvalue weighted by atomic mass is 16.3. The van der Waals surface area contributed by atoms with Crippen molar-refractivity contribution in [3.63, 3.8) is 0 Å². The van der Waals surface area contributed by atoms with Crippen LogP contribution < -0.4 is 0 Å². The molecule has 2 N–H and O–H groups in total. The van der Waals surface area contributed by atoms with Crippen LogP contribution in [0.1, 0.15) is 27.2 Å². The van der Waals surface area contributed by atoms with Crippen LogP contribution in [0.5, 0.6) is 0 Å². The fourth-order valence-corrected chi connectivity index (χ4v) is 0.609. The number of hydrogen-bond acceptors (Lipinski definition) is 4. The Balaban J connectivity index is 0. The highest BCUT2D eigenvalue weighted by Crippen LogP contribution is 2.06. The van der Waals surface area contributed by atoms with Crippen LogP contribution in [0.3, 0.4) is 0 Å². The first-order valence-electron chi connectivity index (χ1n) is 3.09. The Morgan fingerprint density at radius 2 is 1.91 bits per heavy atom. The van der Waals surface area contributed by atoms with E-state index in [9.17, 15) is 4.79 Å². The van der Waals surface area contributed by atoms with Gasteiger partial charge in [0.05, 0.1) is 5.60 Å². The molecule has 0 aliphatic rings. The maximum absolute atomic E-state index is 10.3. The van der Waals surface area contributed by atoms with E-state index in [-0.39, 0.29) is 12.2 Å². The third kappa shape index (κ3) is 27.5. The maximum Gasteiger partial charge on any atom is 0.231 e. The summed E-state index contributed by atoms with van der Waals surface area (Å²) in [6.07, 6.45) is 0.993. The summed E-state index contributed by atoms with van der Waals surface area (Å²) in [7, 11) is 0. The standard InChI is InChI=1S/C6H12O2.CHNO/c1-5(7)4-6(2,3)8;2-1-3/h8H,4H2,1-3H3;2H. The van der Waals surface area contributed by atoms with E-state index in [1.165, 1.54) is 6.92 Å². The third-order valence-electron chi connectivity index (χ3n) is 0.682. The summed E-state index contributed by atoms with van der Waals surface area (Å²) in [6.45, 7) is 4.71. The molecule has 4 nitrogen and oxygen atoms in total. The molecule has 0 aromatic heterocycles. The van der Waals surface area contributed by atoms with E-state index in [1.807, 2.05) is 0 Å². The normalized spacial score (nSPS) is 9.09. The molecule has 0 saturated heterocycles. The summed E-state index contributed by atoms with van der Waals surface area (Å²) in [4.78, 5) is 18.6. The zero-order valence-electron chi connectivity index (χ0n) is 6.97. The Hall–Kier alpha value is -0.990. The van der Waals surface area contributed by atoms with Crippen LogP contribution in [0.25, 0.3) is 0 Å². The van der Waals surface area contributed by atoms with Gasteiger partial charge in [0.1, 0.15) is 5.78 Å². The number of isocyanates is 1.